The number of hydrogen-bond donors (Lipinski definition) is 2. The number of aromatic nitrogens is 1. The number of sulfone groups is 2. The smallest absolute Gasteiger partial charge is 0.199 e. The van der Waals surface area contributed by atoms with Crippen molar-refractivity contribution in [1.82, 2.24) is 4.98 Å². The van der Waals surface area contributed by atoms with E-state index in [-0.39, 0.29) is 39.9 Å². The Morgan fingerprint density at radius 3 is 2.47 bits per heavy atom. The summed E-state index contributed by atoms with van der Waals surface area (Å²) < 4.78 is 52.7. The van der Waals surface area contributed by atoms with E-state index in [4.69, 9.17) is 4.74 Å². The SMILES string of the molecule is C=CS(=O)(=O)CCNc1nc(NCCCOC)c(N=Nc2cccc(S(=O)(=O)C=C)c2)c(C)c1C#N. The number of nitrogens with one attached hydrogen (secondary N) is 2. The number of hydrogen-bond acceptors (Lipinski definition) is 11. The van der Waals surface area contributed by atoms with Crippen LogP contribution in [-0.4, -0.2) is 54.4 Å². The molecule has 11 nitrogen and oxygen atoms in total. The van der Waals surface area contributed by atoms with Crippen molar-refractivity contribution in [3.05, 3.63) is 59.4 Å². The standard InChI is InChI=1S/C23H28N6O5S2/c1-5-35(30,31)14-12-26-22-20(16-24)17(3)21(23(27-22)25-11-8-13-34-4)29-28-18-9-7-10-19(15-18)36(32,33)6-2/h5-7,9-10,15H,1-2,8,11-14H2,3-4H3,(H2,25,26,27). The maximum absolute atomic E-state index is 12.1. The van der Waals surface area contributed by atoms with Crippen LogP contribution in [0.1, 0.15) is 17.5 Å². The summed E-state index contributed by atoms with van der Waals surface area (Å²) in [4.78, 5) is 4.48. The molecule has 2 aromatic rings. The first-order valence-electron chi connectivity index (χ1n) is 10.7. The highest BCUT2D eigenvalue weighted by molar-refractivity contribution is 7.94. The van der Waals surface area contributed by atoms with Crippen LogP contribution in [0.4, 0.5) is 23.0 Å². The van der Waals surface area contributed by atoms with Gasteiger partial charge in [-0.15, -0.1) is 5.11 Å². The first-order chi connectivity index (χ1) is 17.1. The van der Waals surface area contributed by atoms with Crippen LogP contribution in [0, 0.1) is 18.3 Å². The Hall–Kier alpha value is -3.60. The van der Waals surface area contributed by atoms with Gasteiger partial charge in [-0.05, 0) is 31.5 Å². The van der Waals surface area contributed by atoms with Crippen LogP contribution < -0.4 is 10.6 Å². The second-order valence-corrected chi connectivity index (χ2v) is 11.4. The zero-order valence-electron chi connectivity index (χ0n) is 20.1. The van der Waals surface area contributed by atoms with Gasteiger partial charge < -0.3 is 15.4 Å². The third-order valence-electron chi connectivity index (χ3n) is 4.91. The lowest BCUT2D eigenvalue weighted by atomic mass is 10.1. The molecule has 0 spiro atoms. The Balaban J connectivity index is 2.48. The quantitative estimate of drug-likeness (QED) is 0.270. The molecule has 192 valence electrons. The molecule has 1 aromatic heterocycles. The molecule has 0 unspecified atom stereocenters. The predicted molar refractivity (Wildman–Crippen MR) is 139 cm³/mol. The van der Waals surface area contributed by atoms with E-state index < -0.39 is 19.7 Å². The second-order valence-electron chi connectivity index (χ2n) is 7.41. The normalized spacial score (nSPS) is 11.7. The molecule has 0 aliphatic carbocycles. The van der Waals surface area contributed by atoms with Crippen molar-refractivity contribution in [1.29, 1.82) is 5.26 Å². The number of benzene rings is 1. The zero-order chi connectivity index (χ0) is 26.8. The Morgan fingerprint density at radius 2 is 1.83 bits per heavy atom. The number of nitriles is 1. The first kappa shape index (κ1) is 28.6. The van der Waals surface area contributed by atoms with Crippen LogP contribution in [0.15, 0.2) is 63.4 Å². The number of nitrogens with zero attached hydrogens (tertiary/aromatic N) is 4. The lowest BCUT2D eigenvalue weighted by Gasteiger charge is -2.15. The fraction of sp³-hybridized carbons (Fsp3) is 0.304. The van der Waals surface area contributed by atoms with E-state index >= 15 is 0 Å². The molecule has 1 heterocycles. The van der Waals surface area contributed by atoms with Gasteiger partial charge in [0.15, 0.2) is 25.5 Å². The summed E-state index contributed by atoms with van der Waals surface area (Å²) in [5.74, 6) is 0.293. The van der Waals surface area contributed by atoms with Crippen LogP contribution in [0.25, 0.3) is 0 Å². The van der Waals surface area contributed by atoms with E-state index in [1.165, 1.54) is 18.2 Å². The van der Waals surface area contributed by atoms with Crippen LogP contribution in [0.3, 0.4) is 0 Å². The van der Waals surface area contributed by atoms with Crippen LogP contribution >= 0.6 is 0 Å². The van der Waals surface area contributed by atoms with Gasteiger partial charge in [0.1, 0.15) is 17.6 Å². The van der Waals surface area contributed by atoms with Crippen molar-refractivity contribution >= 4 is 42.7 Å². The van der Waals surface area contributed by atoms with Crippen molar-refractivity contribution in [2.45, 2.75) is 18.2 Å². The van der Waals surface area contributed by atoms with Crippen molar-refractivity contribution in [3.8, 4) is 6.07 Å². The molecular weight excluding hydrogens is 504 g/mol. The number of pyridine rings is 1. The molecule has 36 heavy (non-hydrogen) atoms. The molecule has 2 N–H and O–H groups in total. The van der Waals surface area contributed by atoms with Gasteiger partial charge in [-0.3, -0.25) is 0 Å². The number of rotatable bonds is 14. The zero-order valence-corrected chi connectivity index (χ0v) is 21.7. The summed E-state index contributed by atoms with van der Waals surface area (Å²) in [6.07, 6.45) is 0.662. The topological polar surface area (TPSA) is 163 Å². The highest BCUT2D eigenvalue weighted by Gasteiger charge is 2.18. The molecular formula is C23H28N6O5S2. The average molecular weight is 533 g/mol. The number of anilines is 2. The van der Waals surface area contributed by atoms with Gasteiger partial charge in [-0.2, -0.15) is 10.4 Å². The maximum Gasteiger partial charge on any atom is 0.199 e. The third kappa shape index (κ3) is 7.70. The van der Waals surface area contributed by atoms with Crippen molar-refractivity contribution < 1.29 is 21.6 Å². The van der Waals surface area contributed by atoms with Gasteiger partial charge in [0, 0.05) is 43.2 Å². The maximum atomic E-state index is 12.1. The number of ether oxygens (including phenoxy) is 1. The third-order valence-corrected chi connectivity index (χ3v) is 7.54. The molecule has 0 amide bonds. The Kier molecular flexibility index (Phi) is 10.3. The van der Waals surface area contributed by atoms with E-state index in [1.807, 2.05) is 0 Å². The largest absolute Gasteiger partial charge is 0.385 e. The number of azo groups is 1. The summed E-state index contributed by atoms with van der Waals surface area (Å²) in [7, 11) is -5.50. The minimum Gasteiger partial charge on any atom is -0.385 e. The van der Waals surface area contributed by atoms with Crippen molar-refractivity contribution in [2.24, 2.45) is 10.2 Å². The van der Waals surface area contributed by atoms with Gasteiger partial charge in [-0.25, -0.2) is 21.8 Å². The summed E-state index contributed by atoms with van der Waals surface area (Å²) in [5, 5.41) is 25.9. The molecule has 13 heteroatoms. The molecule has 1 aromatic carbocycles. The van der Waals surface area contributed by atoms with Crippen LogP contribution in [-0.2, 0) is 24.4 Å². The Bertz CT molecular complexity index is 1400. The number of methoxy groups -OCH3 is 1. The van der Waals surface area contributed by atoms with Crippen LogP contribution in [0.5, 0.6) is 0 Å². The summed E-state index contributed by atoms with van der Waals surface area (Å²) >= 11 is 0. The average Bonchev–Trinajstić information content (AvgIpc) is 2.86. The van der Waals surface area contributed by atoms with E-state index in [9.17, 15) is 22.1 Å². The van der Waals surface area contributed by atoms with E-state index in [0.717, 1.165) is 10.8 Å². The fourth-order valence-electron chi connectivity index (χ4n) is 2.95. The molecule has 0 radical (unpaired) electrons. The van der Waals surface area contributed by atoms with Gasteiger partial charge >= 0.3 is 0 Å². The van der Waals surface area contributed by atoms with Gasteiger partial charge in [0.25, 0.3) is 0 Å². The highest BCUT2D eigenvalue weighted by Crippen LogP contribution is 2.35. The first-order valence-corrected chi connectivity index (χ1v) is 14.0. The molecule has 0 aliphatic heterocycles. The van der Waals surface area contributed by atoms with E-state index in [0.29, 0.717) is 31.0 Å². The van der Waals surface area contributed by atoms with Crippen molar-refractivity contribution in [3.63, 3.8) is 0 Å². The lowest BCUT2D eigenvalue weighted by molar-refractivity contribution is 0.198. The van der Waals surface area contributed by atoms with Gasteiger partial charge in [-0.1, -0.05) is 19.2 Å². The Labute approximate surface area is 211 Å². The minimum absolute atomic E-state index is 0.0179. The molecule has 0 saturated heterocycles. The van der Waals surface area contributed by atoms with Crippen molar-refractivity contribution in [2.75, 3.05) is 43.2 Å². The summed E-state index contributed by atoms with van der Waals surface area (Å²) in [6.45, 7) is 9.28. The molecule has 0 saturated carbocycles. The molecule has 2 rings (SSSR count). The molecule has 0 fully saturated rings. The minimum atomic E-state index is -3.65. The summed E-state index contributed by atoms with van der Waals surface area (Å²) in [5.41, 5.74) is 1.18. The fourth-order valence-corrected chi connectivity index (χ4v) is 4.25. The van der Waals surface area contributed by atoms with Gasteiger partial charge in [0.05, 0.1) is 21.9 Å². The predicted octanol–water partition coefficient (Wildman–Crippen LogP) is 4.01. The second kappa shape index (κ2) is 12.9. The summed E-state index contributed by atoms with van der Waals surface area (Å²) in [6, 6.07) is 7.97. The van der Waals surface area contributed by atoms with Crippen LogP contribution in [0.2, 0.25) is 0 Å². The lowest BCUT2D eigenvalue weighted by Crippen LogP contribution is -2.16. The van der Waals surface area contributed by atoms with E-state index in [2.05, 4.69) is 45.1 Å². The molecule has 0 atom stereocenters. The monoisotopic (exact) mass is 532 g/mol. The highest BCUT2D eigenvalue weighted by atomic mass is 32.2. The van der Waals surface area contributed by atoms with E-state index in [1.54, 1.807) is 20.1 Å². The molecule has 0 bridgehead atoms. The molecule has 0 aliphatic rings. The van der Waals surface area contributed by atoms with Gasteiger partial charge in [0.2, 0.25) is 0 Å². The Morgan fingerprint density at radius 1 is 1.11 bits per heavy atom.